The van der Waals surface area contributed by atoms with Crippen LogP contribution in [0.25, 0.3) is 16.8 Å². The average Bonchev–Trinajstić information content (AvgIpc) is 2.46. The van der Waals surface area contributed by atoms with Gasteiger partial charge in [0.25, 0.3) is 0 Å². The predicted molar refractivity (Wildman–Crippen MR) is 90.5 cm³/mol. The van der Waals surface area contributed by atoms with Crippen molar-refractivity contribution in [3.05, 3.63) is 48.0 Å². The number of benzene rings is 2. The number of hydrogen-bond acceptors (Lipinski definition) is 2. The van der Waals surface area contributed by atoms with Gasteiger partial charge in [-0.2, -0.15) is 0 Å². The van der Waals surface area contributed by atoms with Crippen molar-refractivity contribution in [2.75, 3.05) is 18.0 Å². The Morgan fingerprint density at radius 1 is 1.10 bits per heavy atom. The second-order valence-corrected chi connectivity index (χ2v) is 5.08. The number of fused-ring (bicyclic) bond motifs is 1. The highest BCUT2D eigenvalue weighted by atomic mass is 32.1. The first-order valence-electron chi connectivity index (χ1n) is 6.83. The highest BCUT2D eigenvalue weighted by Gasteiger charge is 2.03. The van der Waals surface area contributed by atoms with E-state index in [1.165, 1.54) is 22.5 Å². The molecule has 0 amide bonds. The van der Waals surface area contributed by atoms with E-state index in [-0.39, 0.29) is 5.12 Å². The molecule has 0 atom stereocenters. The summed E-state index contributed by atoms with van der Waals surface area (Å²) in [5.74, 6) is 0. The normalized spacial score (nSPS) is 11.2. The largest absolute Gasteiger partial charge is 0.372 e. The number of rotatable bonds is 5. The SMILES string of the molecule is CCN(CC)c1ccc2cc(/C=C/C(=O)S)ccc2c1. The number of nitrogens with zero attached hydrogens (tertiary/aromatic N) is 1. The molecule has 0 N–H and O–H groups in total. The van der Waals surface area contributed by atoms with E-state index in [2.05, 4.69) is 61.7 Å². The molecule has 2 aromatic rings. The quantitative estimate of drug-likeness (QED) is 0.657. The average molecular weight is 285 g/mol. The van der Waals surface area contributed by atoms with Crippen LogP contribution in [-0.4, -0.2) is 18.2 Å². The lowest BCUT2D eigenvalue weighted by atomic mass is 10.1. The van der Waals surface area contributed by atoms with Crippen molar-refractivity contribution in [1.29, 1.82) is 0 Å². The molecule has 0 aliphatic heterocycles. The fourth-order valence-electron chi connectivity index (χ4n) is 2.31. The molecule has 2 nitrogen and oxygen atoms in total. The van der Waals surface area contributed by atoms with Gasteiger partial charge in [-0.1, -0.05) is 24.3 Å². The van der Waals surface area contributed by atoms with Crippen molar-refractivity contribution in [3.8, 4) is 0 Å². The lowest BCUT2D eigenvalue weighted by Gasteiger charge is -2.21. The molecule has 0 saturated carbocycles. The topological polar surface area (TPSA) is 20.3 Å². The highest BCUT2D eigenvalue weighted by molar-refractivity contribution is 7.97. The zero-order chi connectivity index (χ0) is 14.5. The minimum absolute atomic E-state index is 0.234. The molecule has 20 heavy (non-hydrogen) atoms. The lowest BCUT2D eigenvalue weighted by molar-refractivity contribution is -0.106. The molecule has 0 radical (unpaired) electrons. The van der Waals surface area contributed by atoms with Gasteiger partial charge in [-0.15, -0.1) is 12.6 Å². The van der Waals surface area contributed by atoms with Crippen LogP contribution in [-0.2, 0) is 4.79 Å². The monoisotopic (exact) mass is 285 g/mol. The summed E-state index contributed by atoms with van der Waals surface area (Å²) in [5.41, 5.74) is 2.26. The van der Waals surface area contributed by atoms with E-state index in [1.54, 1.807) is 6.08 Å². The zero-order valence-electron chi connectivity index (χ0n) is 11.8. The smallest absolute Gasteiger partial charge is 0.209 e. The van der Waals surface area contributed by atoms with Crippen LogP contribution in [0.15, 0.2) is 42.5 Å². The minimum Gasteiger partial charge on any atom is -0.372 e. The molecule has 0 saturated heterocycles. The second-order valence-electron chi connectivity index (χ2n) is 4.63. The van der Waals surface area contributed by atoms with E-state index in [9.17, 15) is 4.79 Å². The van der Waals surface area contributed by atoms with Gasteiger partial charge >= 0.3 is 0 Å². The third-order valence-corrected chi connectivity index (χ3v) is 3.54. The van der Waals surface area contributed by atoms with Crippen LogP contribution in [0.4, 0.5) is 5.69 Å². The molecular formula is C17H19NOS. The summed E-state index contributed by atoms with van der Waals surface area (Å²) in [5, 5.41) is 2.15. The van der Waals surface area contributed by atoms with E-state index in [0.29, 0.717) is 0 Å². The molecule has 0 aromatic heterocycles. The van der Waals surface area contributed by atoms with Crippen LogP contribution in [0.3, 0.4) is 0 Å². The van der Waals surface area contributed by atoms with Gasteiger partial charge in [0.05, 0.1) is 0 Å². The van der Waals surface area contributed by atoms with E-state index in [0.717, 1.165) is 18.7 Å². The van der Waals surface area contributed by atoms with Gasteiger partial charge in [0.1, 0.15) is 0 Å². The Hall–Kier alpha value is -1.74. The fraction of sp³-hybridized carbons (Fsp3) is 0.235. The number of anilines is 1. The maximum absolute atomic E-state index is 10.8. The Morgan fingerprint density at radius 3 is 2.40 bits per heavy atom. The van der Waals surface area contributed by atoms with Crippen LogP contribution in [0.1, 0.15) is 19.4 Å². The molecule has 2 rings (SSSR count). The lowest BCUT2D eigenvalue weighted by Crippen LogP contribution is -2.21. The summed E-state index contributed by atoms with van der Waals surface area (Å²) in [6, 6.07) is 12.7. The maximum Gasteiger partial charge on any atom is 0.209 e. The standard InChI is InChI=1S/C17H19NOS/c1-3-18(4-2)16-9-8-14-11-13(6-10-17(19)20)5-7-15(14)12-16/h5-12H,3-4H2,1-2H3,(H,19,20)/b10-6+. The van der Waals surface area contributed by atoms with Crippen molar-refractivity contribution >= 4 is 40.3 Å². The summed E-state index contributed by atoms with van der Waals surface area (Å²) >= 11 is 3.73. The molecule has 0 bridgehead atoms. The molecule has 3 heteroatoms. The summed E-state index contributed by atoms with van der Waals surface area (Å²) < 4.78 is 0. The maximum atomic E-state index is 10.8. The highest BCUT2D eigenvalue weighted by Crippen LogP contribution is 2.23. The van der Waals surface area contributed by atoms with E-state index in [1.807, 2.05) is 6.07 Å². The first-order chi connectivity index (χ1) is 9.63. The molecule has 104 valence electrons. The summed E-state index contributed by atoms with van der Waals surface area (Å²) in [7, 11) is 0. The minimum atomic E-state index is -0.234. The van der Waals surface area contributed by atoms with Crippen LogP contribution in [0, 0.1) is 0 Å². The molecular weight excluding hydrogens is 266 g/mol. The number of carbonyl (C=O) groups excluding carboxylic acids is 1. The van der Waals surface area contributed by atoms with Crippen LogP contribution in [0.5, 0.6) is 0 Å². The van der Waals surface area contributed by atoms with Gasteiger partial charge in [0, 0.05) is 18.8 Å². The van der Waals surface area contributed by atoms with Gasteiger partial charge in [-0.3, -0.25) is 4.79 Å². The van der Waals surface area contributed by atoms with Crippen molar-refractivity contribution < 1.29 is 4.79 Å². The van der Waals surface area contributed by atoms with E-state index < -0.39 is 0 Å². The molecule has 0 aliphatic carbocycles. The van der Waals surface area contributed by atoms with Crippen LogP contribution >= 0.6 is 12.6 Å². The van der Waals surface area contributed by atoms with Gasteiger partial charge < -0.3 is 4.90 Å². The van der Waals surface area contributed by atoms with Crippen molar-refractivity contribution in [2.45, 2.75) is 13.8 Å². The molecule has 0 unspecified atom stereocenters. The van der Waals surface area contributed by atoms with Gasteiger partial charge in [0.15, 0.2) is 0 Å². The fourth-order valence-corrected chi connectivity index (χ4v) is 2.38. The van der Waals surface area contributed by atoms with Gasteiger partial charge in [-0.05, 0) is 54.5 Å². The molecule has 0 fully saturated rings. The Kier molecular flexibility index (Phi) is 4.85. The van der Waals surface area contributed by atoms with E-state index in [4.69, 9.17) is 0 Å². The third kappa shape index (κ3) is 3.42. The number of hydrogen-bond donors (Lipinski definition) is 1. The summed E-state index contributed by atoms with van der Waals surface area (Å²) in [6.07, 6.45) is 3.25. The Bertz CT molecular complexity index is 644. The van der Waals surface area contributed by atoms with E-state index >= 15 is 0 Å². The Labute approximate surface area is 125 Å². The Morgan fingerprint density at radius 2 is 1.75 bits per heavy atom. The van der Waals surface area contributed by atoms with Crippen LogP contribution in [0.2, 0.25) is 0 Å². The Balaban J connectivity index is 2.36. The first kappa shape index (κ1) is 14.7. The van der Waals surface area contributed by atoms with Crippen molar-refractivity contribution in [2.24, 2.45) is 0 Å². The summed E-state index contributed by atoms with van der Waals surface area (Å²) in [4.78, 5) is 13.2. The van der Waals surface area contributed by atoms with Gasteiger partial charge in [0.2, 0.25) is 5.12 Å². The molecule has 0 aliphatic rings. The van der Waals surface area contributed by atoms with Gasteiger partial charge in [-0.25, -0.2) is 0 Å². The van der Waals surface area contributed by atoms with Crippen molar-refractivity contribution in [1.82, 2.24) is 0 Å². The van der Waals surface area contributed by atoms with Crippen LogP contribution < -0.4 is 4.90 Å². The first-order valence-corrected chi connectivity index (χ1v) is 7.28. The molecule has 0 heterocycles. The second kappa shape index (κ2) is 6.62. The molecule has 2 aromatic carbocycles. The third-order valence-electron chi connectivity index (χ3n) is 3.39. The number of thiol groups is 1. The summed E-state index contributed by atoms with van der Waals surface area (Å²) in [6.45, 7) is 6.34. The number of carbonyl (C=O) groups is 1. The zero-order valence-corrected chi connectivity index (χ0v) is 12.7. The molecule has 0 spiro atoms. The predicted octanol–water partition coefficient (Wildman–Crippen LogP) is 4.16. The van der Waals surface area contributed by atoms with Crippen molar-refractivity contribution in [3.63, 3.8) is 0 Å².